The topological polar surface area (TPSA) is 89.9 Å². The van der Waals surface area contributed by atoms with Gasteiger partial charge in [0.1, 0.15) is 4.21 Å². The molecule has 0 N–H and O–H groups in total. The second-order valence-corrected chi connectivity index (χ2v) is 9.36. The number of ether oxygens (including phenoxy) is 1. The first-order valence-corrected chi connectivity index (χ1v) is 11.2. The maximum atomic E-state index is 12.7. The van der Waals surface area contributed by atoms with E-state index >= 15 is 0 Å². The lowest BCUT2D eigenvalue weighted by atomic mass is 9.94. The van der Waals surface area contributed by atoms with Crippen molar-refractivity contribution in [1.82, 2.24) is 0 Å². The van der Waals surface area contributed by atoms with E-state index in [1.165, 1.54) is 31.0 Å². The molecule has 0 aliphatic heterocycles. The lowest BCUT2D eigenvalue weighted by molar-refractivity contribution is -0.140. The molecule has 3 rings (SSSR count). The third-order valence-corrected chi connectivity index (χ3v) is 7.38. The van der Waals surface area contributed by atoms with Gasteiger partial charge in [0.15, 0.2) is 5.78 Å². The van der Waals surface area contributed by atoms with Crippen molar-refractivity contribution in [3.05, 3.63) is 63.9 Å². The number of allylic oxidation sites excluding steroid dienone is 2. The molecule has 0 unspecified atom stereocenters. The van der Waals surface area contributed by atoms with Gasteiger partial charge in [-0.25, -0.2) is 0 Å². The van der Waals surface area contributed by atoms with E-state index in [9.17, 15) is 18.0 Å². The molecule has 0 amide bonds. The number of hydrogen-bond donors (Lipinski definition) is 0. The maximum Gasteiger partial charge on any atom is 0.306 e. The molecule has 1 heterocycles. The van der Waals surface area contributed by atoms with Crippen LogP contribution in [0.5, 0.6) is 0 Å². The third kappa shape index (κ3) is 4.37. The zero-order valence-electron chi connectivity index (χ0n) is 14.2. The first-order valence-electron chi connectivity index (χ1n) is 7.86. The van der Waals surface area contributed by atoms with Crippen LogP contribution >= 0.6 is 23.1 Å². The van der Waals surface area contributed by atoms with E-state index in [0.717, 1.165) is 11.3 Å². The van der Waals surface area contributed by atoms with E-state index in [2.05, 4.69) is 9.13 Å². The van der Waals surface area contributed by atoms with Gasteiger partial charge >= 0.3 is 5.97 Å². The number of thioether (sulfide) groups is 1. The van der Waals surface area contributed by atoms with Gasteiger partial charge in [0.2, 0.25) is 0 Å². The van der Waals surface area contributed by atoms with E-state index < -0.39 is 10.0 Å². The monoisotopic (exact) mass is 421 g/mol. The van der Waals surface area contributed by atoms with Crippen LogP contribution in [0.4, 0.5) is 0 Å². The smallest absolute Gasteiger partial charge is 0.306 e. The number of thiophene rings is 1. The molecule has 0 saturated heterocycles. The van der Waals surface area contributed by atoms with Crippen LogP contribution in [-0.4, -0.2) is 38.7 Å². The number of nitrogens with zero attached hydrogens (tertiary/aromatic N) is 1. The van der Waals surface area contributed by atoms with Gasteiger partial charge in [-0.1, -0.05) is 30.3 Å². The highest BCUT2D eigenvalue weighted by Crippen LogP contribution is 2.30. The second kappa shape index (κ2) is 8.20. The second-order valence-electron chi connectivity index (χ2n) is 5.44. The molecule has 0 atom stereocenters. The first kappa shape index (κ1) is 19.5. The van der Waals surface area contributed by atoms with Gasteiger partial charge in [0.05, 0.1) is 24.1 Å². The Morgan fingerprint density at radius 3 is 2.59 bits per heavy atom. The predicted molar refractivity (Wildman–Crippen MR) is 106 cm³/mol. The number of esters is 1. The minimum absolute atomic E-state index is 0.137. The Bertz CT molecular complexity index is 1040. The molecular weight excluding hydrogens is 406 g/mol. The standard InChI is InChI=1S/C18H15NO5S3/c1-24-16(20)8-10-25-15-11-14(12-5-2-3-6-13(12)18(15)21)19-27(22,23)17-7-4-9-26-17/h2-7,9,11H,8,10H2,1H3/b19-14+. The lowest BCUT2D eigenvalue weighted by Gasteiger charge is -2.16. The van der Waals surface area contributed by atoms with Crippen molar-refractivity contribution in [2.75, 3.05) is 12.9 Å². The van der Waals surface area contributed by atoms with Gasteiger partial charge in [-0.2, -0.15) is 12.8 Å². The zero-order chi connectivity index (χ0) is 19.4. The SMILES string of the molecule is COC(=O)CCSC1=C/C(=N\S(=O)(=O)c2cccs2)c2ccccc2C1=O. The Balaban J connectivity index is 1.98. The quantitative estimate of drug-likeness (QED) is 0.665. The van der Waals surface area contributed by atoms with Crippen molar-refractivity contribution in [3.8, 4) is 0 Å². The number of carbonyl (C=O) groups is 2. The van der Waals surface area contributed by atoms with Crippen molar-refractivity contribution < 1.29 is 22.7 Å². The average molecular weight is 422 g/mol. The van der Waals surface area contributed by atoms with Crippen LogP contribution in [-0.2, 0) is 19.6 Å². The molecule has 2 aromatic rings. The van der Waals surface area contributed by atoms with E-state index in [-0.39, 0.29) is 28.1 Å². The van der Waals surface area contributed by atoms with E-state index in [0.29, 0.717) is 21.8 Å². The summed E-state index contributed by atoms with van der Waals surface area (Å²) in [6.07, 6.45) is 1.62. The fourth-order valence-corrected chi connectivity index (χ4v) is 5.31. The maximum absolute atomic E-state index is 12.7. The number of rotatable bonds is 6. The van der Waals surface area contributed by atoms with Gasteiger partial charge in [0, 0.05) is 16.9 Å². The molecule has 0 radical (unpaired) electrons. The Labute approximate surface area is 165 Å². The number of hydrogen-bond acceptors (Lipinski definition) is 7. The zero-order valence-corrected chi connectivity index (χ0v) is 16.7. The molecule has 0 spiro atoms. The molecule has 27 heavy (non-hydrogen) atoms. The fourth-order valence-electron chi connectivity index (χ4n) is 2.42. The van der Waals surface area contributed by atoms with Gasteiger partial charge in [-0.3, -0.25) is 9.59 Å². The summed E-state index contributed by atoms with van der Waals surface area (Å²) < 4.78 is 33.8. The number of methoxy groups -OCH3 is 1. The molecule has 1 aromatic heterocycles. The molecule has 1 aromatic carbocycles. The van der Waals surface area contributed by atoms with Crippen LogP contribution in [0.1, 0.15) is 22.3 Å². The molecule has 1 aliphatic carbocycles. The van der Waals surface area contributed by atoms with Crippen LogP contribution in [0.2, 0.25) is 0 Å². The van der Waals surface area contributed by atoms with Gasteiger partial charge in [-0.15, -0.1) is 23.1 Å². The molecule has 140 valence electrons. The number of Topliss-reactive ketones (excluding diaryl/α,β-unsaturated/α-hetero) is 1. The van der Waals surface area contributed by atoms with Crippen LogP contribution in [0.3, 0.4) is 0 Å². The minimum atomic E-state index is -3.87. The molecule has 1 aliphatic rings. The predicted octanol–water partition coefficient (Wildman–Crippen LogP) is 3.30. The highest BCUT2D eigenvalue weighted by atomic mass is 32.2. The number of carbonyl (C=O) groups excluding carboxylic acids is 2. The van der Waals surface area contributed by atoms with Crippen molar-refractivity contribution in [3.63, 3.8) is 0 Å². The Morgan fingerprint density at radius 1 is 1.19 bits per heavy atom. The molecule has 0 fully saturated rings. The Morgan fingerprint density at radius 2 is 1.93 bits per heavy atom. The van der Waals surface area contributed by atoms with Crippen molar-refractivity contribution in [1.29, 1.82) is 0 Å². The summed E-state index contributed by atoms with van der Waals surface area (Å²) >= 11 is 2.26. The lowest BCUT2D eigenvalue weighted by Crippen LogP contribution is -2.17. The molecule has 9 heteroatoms. The van der Waals surface area contributed by atoms with E-state index in [1.54, 1.807) is 35.7 Å². The number of ketones is 1. The molecular formula is C18H15NO5S3. The van der Waals surface area contributed by atoms with Crippen LogP contribution in [0.15, 0.2) is 61.4 Å². The van der Waals surface area contributed by atoms with Crippen LogP contribution in [0, 0.1) is 0 Å². The summed E-state index contributed by atoms with van der Waals surface area (Å²) in [6.45, 7) is 0. The van der Waals surface area contributed by atoms with Crippen LogP contribution < -0.4 is 0 Å². The van der Waals surface area contributed by atoms with Gasteiger partial charge in [-0.05, 0) is 17.5 Å². The first-order chi connectivity index (χ1) is 12.9. The Kier molecular flexibility index (Phi) is 5.93. The summed E-state index contributed by atoms with van der Waals surface area (Å²) in [5.74, 6) is -0.244. The number of fused-ring (bicyclic) bond motifs is 1. The summed E-state index contributed by atoms with van der Waals surface area (Å²) in [5, 5.41) is 1.66. The largest absolute Gasteiger partial charge is 0.469 e. The minimum Gasteiger partial charge on any atom is -0.469 e. The van der Waals surface area contributed by atoms with Crippen LogP contribution in [0.25, 0.3) is 0 Å². The normalized spacial score (nSPS) is 15.4. The van der Waals surface area contributed by atoms with Gasteiger partial charge < -0.3 is 4.74 Å². The summed E-state index contributed by atoms with van der Waals surface area (Å²) in [4.78, 5) is 24.3. The summed E-state index contributed by atoms with van der Waals surface area (Å²) in [5.41, 5.74) is 1.07. The molecule has 6 nitrogen and oxygen atoms in total. The van der Waals surface area contributed by atoms with Crippen molar-refractivity contribution in [2.45, 2.75) is 10.6 Å². The van der Waals surface area contributed by atoms with E-state index in [1.807, 2.05) is 0 Å². The molecule has 0 saturated carbocycles. The Hall–Kier alpha value is -2.23. The highest BCUT2D eigenvalue weighted by molar-refractivity contribution is 8.04. The van der Waals surface area contributed by atoms with E-state index in [4.69, 9.17) is 0 Å². The van der Waals surface area contributed by atoms with Crippen molar-refractivity contribution >= 4 is 50.6 Å². The fraction of sp³-hybridized carbons (Fsp3) is 0.167. The number of benzene rings is 1. The average Bonchev–Trinajstić information content (AvgIpc) is 3.20. The summed E-state index contributed by atoms with van der Waals surface area (Å²) in [7, 11) is -2.57. The third-order valence-electron chi connectivity index (χ3n) is 3.70. The molecule has 0 bridgehead atoms. The van der Waals surface area contributed by atoms with Crippen molar-refractivity contribution in [2.24, 2.45) is 4.40 Å². The van der Waals surface area contributed by atoms with Gasteiger partial charge in [0.25, 0.3) is 10.0 Å². The summed E-state index contributed by atoms with van der Waals surface area (Å²) in [6, 6.07) is 9.87. The highest BCUT2D eigenvalue weighted by Gasteiger charge is 2.26. The number of sulfonamides is 1.